The van der Waals surface area contributed by atoms with Gasteiger partial charge in [-0.15, -0.1) is 11.3 Å². The third kappa shape index (κ3) is 3.54. The van der Waals surface area contributed by atoms with Crippen molar-refractivity contribution < 1.29 is 9.53 Å². The topological polar surface area (TPSA) is 84.7 Å². The molecule has 4 heterocycles. The van der Waals surface area contributed by atoms with Crippen LogP contribution in [0.3, 0.4) is 0 Å². The largest absolute Gasteiger partial charge is 0.460 e. The summed E-state index contributed by atoms with van der Waals surface area (Å²) in [7, 11) is 0. The molecule has 0 saturated carbocycles. The van der Waals surface area contributed by atoms with Crippen molar-refractivity contribution in [3.05, 3.63) is 35.7 Å². The maximum atomic E-state index is 11.1. The van der Waals surface area contributed by atoms with E-state index in [-0.39, 0.29) is 12.0 Å². The van der Waals surface area contributed by atoms with Crippen molar-refractivity contribution in [2.75, 3.05) is 11.9 Å². The normalized spacial score (nSPS) is 20.5. The summed E-state index contributed by atoms with van der Waals surface area (Å²) in [6.07, 6.45) is 8.15. The smallest absolute Gasteiger partial charge is 0.302 e. The molecule has 9 heteroatoms. The molecule has 2 atom stereocenters. The van der Waals surface area contributed by atoms with Gasteiger partial charge in [-0.3, -0.25) is 14.1 Å². The fourth-order valence-corrected chi connectivity index (χ4v) is 4.09. The first-order valence-corrected chi connectivity index (χ1v) is 9.31. The van der Waals surface area contributed by atoms with E-state index in [1.165, 1.54) is 18.3 Å². The average Bonchev–Trinajstić information content (AvgIpc) is 3.29. The quantitative estimate of drug-likeness (QED) is 0.739. The number of aromatic nitrogens is 4. The van der Waals surface area contributed by atoms with Crippen molar-refractivity contribution in [2.45, 2.75) is 39.0 Å². The van der Waals surface area contributed by atoms with Crippen molar-refractivity contribution in [2.24, 2.45) is 0 Å². The first-order valence-electron chi connectivity index (χ1n) is 8.49. The minimum Gasteiger partial charge on any atom is -0.460 e. The summed E-state index contributed by atoms with van der Waals surface area (Å²) >= 11 is 1.51. The molecule has 1 amide bonds. The second-order valence-corrected chi connectivity index (χ2v) is 7.56. The van der Waals surface area contributed by atoms with Crippen LogP contribution in [0.25, 0.3) is 5.65 Å². The summed E-state index contributed by atoms with van der Waals surface area (Å²) in [4.78, 5) is 27.5. The number of anilines is 1. The lowest BCUT2D eigenvalue weighted by Gasteiger charge is -2.19. The summed E-state index contributed by atoms with van der Waals surface area (Å²) in [6, 6.07) is 2.82. The summed E-state index contributed by atoms with van der Waals surface area (Å²) < 4.78 is 8.00. The second-order valence-electron chi connectivity index (χ2n) is 6.45. The summed E-state index contributed by atoms with van der Waals surface area (Å²) in [5.74, 6) is -0.102. The Kier molecular flexibility index (Phi) is 4.56. The highest BCUT2D eigenvalue weighted by Crippen LogP contribution is 2.26. The molecular weight excluding hydrogens is 352 g/mol. The first kappa shape index (κ1) is 16.9. The molecule has 26 heavy (non-hydrogen) atoms. The molecule has 1 N–H and O–H groups in total. The lowest BCUT2D eigenvalue weighted by atomic mass is 10.2. The number of amides is 1. The Hall–Kier alpha value is -2.52. The zero-order valence-corrected chi connectivity index (χ0v) is 15.4. The summed E-state index contributed by atoms with van der Waals surface area (Å²) in [5.41, 5.74) is 0.827. The van der Waals surface area contributed by atoms with Crippen LogP contribution >= 0.6 is 11.3 Å². The molecule has 1 aliphatic rings. The van der Waals surface area contributed by atoms with Gasteiger partial charge < -0.3 is 10.1 Å². The minimum absolute atomic E-state index is 0.0771. The van der Waals surface area contributed by atoms with Crippen LogP contribution in [0, 0.1) is 0 Å². The van der Waals surface area contributed by atoms with Crippen molar-refractivity contribution in [1.82, 2.24) is 24.3 Å². The molecule has 136 valence electrons. The number of nitrogens with zero attached hydrogens (tertiary/aromatic N) is 5. The number of likely N-dealkylation sites (tertiary alicyclic amines) is 1. The molecule has 4 rings (SSSR count). The fraction of sp³-hybridized carbons (Fsp3) is 0.412. The highest BCUT2D eigenvalue weighted by atomic mass is 32.1. The lowest BCUT2D eigenvalue weighted by Crippen LogP contribution is -2.28. The number of thiazole rings is 1. The van der Waals surface area contributed by atoms with Crippen LogP contribution in [-0.4, -0.2) is 48.9 Å². The van der Waals surface area contributed by atoms with E-state index in [9.17, 15) is 4.79 Å². The second kappa shape index (κ2) is 7.00. The summed E-state index contributed by atoms with van der Waals surface area (Å²) in [5, 5.41) is 3.37. The molecule has 1 saturated heterocycles. The van der Waals surface area contributed by atoms with Crippen molar-refractivity contribution in [3.63, 3.8) is 0 Å². The van der Waals surface area contributed by atoms with Crippen molar-refractivity contribution in [1.29, 1.82) is 0 Å². The predicted octanol–water partition coefficient (Wildman–Crippen LogP) is 2.19. The Morgan fingerprint density at radius 3 is 3.12 bits per heavy atom. The van der Waals surface area contributed by atoms with Gasteiger partial charge in [0.25, 0.3) is 0 Å². The van der Waals surface area contributed by atoms with E-state index < -0.39 is 0 Å². The van der Waals surface area contributed by atoms with Crippen LogP contribution in [0.2, 0.25) is 0 Å². The highest BCUT2D eigenvalue weighted by molar-refractivity contribution is 7.15. The lowest BCUT2D eigenvalue weighted by molar-refractivity contribution is -0.114. The van der Waals surface area contributed by atoms with Crippen LogP contribution in [0.5, 0.6) is 6.01 Å². The molecule has 0 aliphatic carbocycles. The standard InChI is InChI=1S/C17H20N6O2S/c1-11-7-13(25-17-19-4-3-15-18-5-6-23(15)17)9-22(11)10-14-8-20-16(26-14)21-12(2)24/h3-6,8,11,13H,7,9-10H2,1-2H3,(H,20,21,24)/t11-,13+/m0/s1. The van der Waals surface area contributed by atoms with Gasteiger partial charge in [0.2, 0.25) is 5.91 Å². The highest BCUT2D eigenvalue weighted by Gasteiger charge is 2.31. The minimum atomic E-state index is -0.102. The Morgan fingerprint density at radius 2 is 2.27 bits per heavy atom. The number of nitrogens with one attached hydrogen (secondary N) is 1. The van der Waals surface area contributed by atoms with Crippen LogP contribution in [0.1, 0.15) is 25.1 Å². The van der Waals surface area contributed by atoms with Gasteiger partial charge in [-0.2, -0.15) is 0 Å². The number of rotatable bonds is 5. The molecule has 0 aromatic carbocycles. The van der Waals surface area contributed by atoms with Gasteiger partial charge in [-0.25, -0.2) is 15.0 Å². The van der Waals surface area contributed by atoms with E-state index in [1.54, 1.807) is 12.4 Å². The van der Waals surface area contributed by atoms with Gasteiger partial charge in [0.05, 0.1) is 0 Å². The maximum Gasteiger partial charge on any atom is 0.302 e. The monoisotopic (exact) mass is 372 g/mol. The van der Waals surface area contributed by atoms with Gasteiger partial charge in [0, 0.05) is 62.1 Å². The average molecular weight is 372 g/mol. The Labute approximate surface area is 154 Å². The molecular formula is C17H20N6O2S. The molecule has 1 aliphatic heterocycles. The number of imidazole rings is 1. The zero-order valence-electron chi connectivity index (χ0n) is 14.6. The van der Waals surface area contributed by atoms with E-state index >= 15 is 0 Å². The van der Waals surface area contributed by atoms with E-state index in [0.717, 1.165) is 30.0 Å². The molecule has 0 radical (unpaired) electrons. The number of hydrogen-bond acceptors (Lipinski definition) is 7. The molecule has 0 bridgehead atoms. The maximum absolute atomic E-state index is 11.1. The molecule has 3 aromatic heterocycles. The van der Waals surface area contributed by atoms with E-state index in [4.69, 9.17) is 4.74 Å². The molecule has 8 nitrogen and oxygen atoms in total. The number of fused-ring (bicyclic) bond motifs is 1. The van der Waals surface area contributed by atoms with Gasteiger partial charge >= 0.3 is 6.01 Å². The molecule has 3 aromatic rings. The van der Waals surface area contributed by atoms with Crippen LogP contribution in [-0.2, 0) is 11.3 Å². The molecule has 0 unspecified atom stereocenters. The fourth-order valence-electron chi connectivity index (χ4n) is 3.21. The van der Waals surface area contributed by atoms with Gasteiger partial charge in [0.15, 0.2) is 5.13 Å². The Balaban J connectivity index is 1.40. The number of carbonyl (C=O) groups is 1. The predicted molar refractivity (Wildman–Crippen MR) is 98.3 cm³/mol. The third-order valence-electron chi connectivity index (χ3n) is 4.42. The van der Waals surface area contributed by atoms with Gasteiger partial charge in [-0.1, -0.05) is 0 Å². The Morgan fingerprint density at radius 1 is 1.38 bits per heavy atom. The molecule has 1 fully saturated rings. The summed E-state index contributed by atoms with van der Waals surface area (Å²) in [6.45, 7) is 5.30. The van der Waals surface area contributed by atoms with Gasteiger partial charge in [-0.05, 0) is 13.0 Å². The first-order chi connectivity index (χ1) is 12.6. The van der Waals surface area contributed by atoms with Crippen LogP contribution in [0.15, 0.2) is 30.9 Å². The third-order valence-corrected chi connectivity index (χ3v) is 5.31. The number of hydrogen-bond donors (Lipinski definition) is 1. The van der Waals surface area contributed by atoms with Crippen molar-refractivity contribution >= 4 is 28.0 Å². The zero-order chi connectivity index (χ0) is 18.1. The van der Waals surface area contributed by atoms with Crippen LogP contribution < -0.4 is 10.1 Å². The number of carbonyl (C=O) groups excluding carboxylic acids is 1. The molecule has 0 spiro atoms. The SMILES string of the molecule is CC(=O)Nc1ncc(CN2C[C@H](Oc3nccc4nccn34)C[C@@H]2C)s1. The van der Waals surface area contributed by atoms with E-state index in [0.29, 0.717) is 17.2 Å². The number of ether oxygens (including phenoxy) is 1. The van der Waals surface area contributed by atoms with E-state index in [2.05, 4.69) is 32.1 Å². The van der Waals surface area contributed by atoms with Gasteiger partial charge in [0.1, 0.15) is 11.8 Å². The van der Waals surface area contributed by atoms with Crippen LogP contribution in [0.4, 0.5) is 5.13 Å². The Bertz CT molecular complexity index is 923. The van der Waals surface area contributed by atoms with E-state index in [1.807, 2.05) is 22.9 Å². The van der Waals surface area contributed by atoms with Crippen molar-refractivity contribution in [3.8, 4) is 6.01 Å².